The number of rotatable bonds is 10. The Bertz CT molecular complexity index is 1090. The van der Waals surface area contributed by atoms with E-state index in [-0.39, 0.29) is 28.2 Å². The van der Waals surface area contributed by atoms with Crippen LogP contribution in [0.4, 0.5) is 10.5 Å². The van der Waals surface area contributed by atoms with Gasteiger partial charge in [0.05, 0.1) is 33.9 Å². The van der Waals surface area contributed by atoms with Crippen LogP contribution in [0.15, 0.2) is 36.4 Å². The number of aliphatic carboxylic acids is 1. The third-order valence-corrected chi connectivity index (χ3v) is 6.57. The SMILES string of the molecule is CC(C)CCNc1ccc(Cl)c(C(=O)NC(CNC(=O)NC2CCc3ccccc32)C(=O)O)c1Cl. The zero-order valence-electron chi connectivity index (χ0n) is 19.7. The first kappa shape index (κ1) is 26.6. The maximum Gasteiger partial charge on any atom is 0.328 e. The van der Waals surface area contributed by atoms with Gasteiger partial charge in [-0.25, -0.2) is 9.59 Å². The third kappa shape index (κ3) is 7.02. The fourth-order valence-electron chi connectivity index (χ4n) is 3.93. The van der Waals surface area contributed by atoms with Gasteiger partial charge in [0.25, 0.3) is 5.91 Å². The minimum atomic E-state index is -1.38. The second-order valence-electron chi connectivity index (χ2n) is 8.90. The summed E-state index contributed by atoms with van der Waals surface area (Å²) in [6.07, 6.45) is 2.54. The van der Waals surface area contributed by atoms with Crippen LogP contribution in [0.1, 0.15) is 54.2 Å². The Hall–Kier alpha value is -2.97. The largest absolute Gasteiger partial charge is 0.480 e. The van der Waals surface area contributed by atoms with Crippen molar-refractivity contribution in [1.82, 2.24) is 16.0 Å². The molecule has 8 nitrogen and oxygen atoms in total. The Morgan fingerprint density at radius 3 is 2.57 bits per heavy atom. The number of benzene rings is 2. The number of hydrogen-bond donors (Lipinski definition) is 5. The minimum absolute atomic E-state index is 0.0267. The zero-order valence-corrected chi connectivity index (χ0v) is 21.2. The number of carboxylic acids is 1. The molecule has 5 N–H and O–H groups in total. The number of fused-ring (bicyclic) bond motifs is 1. The number of hydrogen-bond acceptors (Lipinski definition) is 4. The summed E-state index contributed by atoms with van der Waals surface area (Å²) in [5.41, 5.74) is 2.74. The smallest absolute Gasteiger partial charge is 0.328 e. The standard InChI is InChI=1S/C25H30Cl2N4O4/c1-14(2)11-12-28-19-10-8-17(26)21(22(19)27)23(32)30-20(24(33)34)13-29-25(35)31-18-9-7-15-5-3-4-6-16(15)18/h3-6,8,10,14,18,20,28H,7,9,11-13H2,1-2H3,(H,30,32)(H,33,34)(H2,29,31,35). The van der Waals surface area contributed by atoms with Crippen molar-refractivity contribution in [2.24, 2.45) is 5.92 Å². The molecule has 188 valence electrons. The highest BCUT2D eigenvalue weighted by Crippen LogP contribution is 2.32. The van der Waals surface area contributed by atoms with E-state index in [2.05, 4.69) is 35.1 Å². The van der Waals surface area contributed by atoms with Gasteiger partial charge in [-0.15, -0.1) is 0 Å². The highest BCUT2D eigenvalue weighted by Gasteiger charge is 2.27. The van der Waals surface area contributed by atoms with Gasteiger partial charge in [0.15, 0.2) is 0 Å². The highest BCUT2D eigenvalue weighted by atomic mass is 35.5. The molecular weight excluding hydrogens is 491 g/mol. The highest BCUT2D eigenvalue weighted by molar-refractivity contribution is 6.41. The van der Waals surface area contributed by atoms with Gasteiger partial charge < -0.3 is 26.4 Å². The van der Waals surface area contributed by atoms with Crippen molar-refractivity contribution in [2.75, 3.05) is 18.4 Å². The van der Waals surface area contributed by atoms with Crippen LogP contribution in [-0.4, -0.2) is 42.1 Å². The Kier molecular flexibility index (Phi) is 9.23. The molecule has 2 aromatic carbocycles. The molecule has 3 rings (SSSR count). The molecule has 0 radical (unpaired) electrons. The lowest BCUT2D eigenvalue weighted by atomic mass is 10.1. The first-order chi connectivity index (χ1) is 16.7. The van der Waals surface area contributed by atoms with Crippen LogP contribution in [0, 0.1) is 5.92 Å². The van der Waals surface area contributed by atoms with Crippen molar-refractivity contribution in [1.29, 1.82) is 0 Å². The van der Waals surface area contributed by atoms with Crippen LogP contribution in [0.5, 0.6) is 0 Å². The summed E-state index contributed by atoms with van der Waals surface area (Å²) >= 11 is 12.6. The van der Waals surface area contributed by atoms with Crippen molar-refractivity contribution in [3.8, 4) is 0 Å². The molecule has 2 aromatic rings. The number of carboxylic acid groups (broad SMARTS) is 1. The summed E-state index contributed by atoms with van der Waals surface area (Å²) in [7, 11) is 0. The number of halogens is 2. The van der Waals surface area contributed by atoms with E-state index in [0.29, 0.717) is 18.2 Å². The Balaban J connectivity index is 1.60. The molecule has 10 heteroatoms. The number of anilines is 1. The van der Waals surface area contributed by atoms with Crippen molar-refractivity contribution >= 4 is 46.8 Å². The number of urea groups is 1. The van der Waals surface area contributed by atoms with E-state index in [1.165, 1.54) is 11.6 Å². The monoisotopic (exact) mass is 520 g/mol. The predicted octanol–water partition coefficient (Wildman–Crippen LogP) is 4.62. The van der Waals surface area contributed by atoms with Gasteiger partial charge >= 0.3 is 12.0 Å². The molecule has 0 aliphatic heterocycles. The summed E-state index contributed by atoms with van der Waals surface area (Å²) in [6.45, 7) is 4.53. The summed E-state index contributed by atoms with van der Waals surface area (Å²) in [5, 5.41) is 20.8. The van der Waals surface area contributed by atoms with Gasteiger partial charge in [0.1, 0.15) is 6.04 Å². The molecule has 0 bridgehead atoms. The van der Waals surface area contributed by atoms with Gasteiger partial charge in [-0.3, -0.25) is 4.79 Å². The number of amides is 3. The molecule has 0 spiro atoms. The maximum atomic E-state index is 12.9. The third-order valence-electron chi connectivity index (χ3n) is 5.86. The van der Waals surface area contributed by atoms with Crippen LogP contribution in [0.3, 0.4) is 0 Å². The molecule has 1 aliphatic rings. The van der Waals surface area contributed by atoms with E-state index < -0.39 is 23.9 Å². The average molecular weight is 521 g/mol. The van der Waals surface area contributed by atoms with E-state index >= 15 is 0 Å². The second-order valence-corrected chi connectivity index (χ2v) is 9.69. The molecule has 0 saturated carbocycles. The number of carbonyl (C=O) groups is 3. The topological polar surface area (TPSA) is 120 Å². The average Bonchev–Trinajstić information content (AvgIpc) is 3.20. The lowest BCUT2D eigenvalue weighted by molar-refractivity contribution is -0.139. The van der Waals surface area contributed by atoms with Crippen molar-refractivity contribution in [2.45, 2.75) is 45.2 Å². The maximum absolute atomic E-state index is 12.9. The van der Waals surface area contributed by atoms with Gasteiger partial charge in [-0.1, -0.05) is 61.3 Å². The summed E-state index contributed by atoms with van der Waals surface area (Å²) in [4.78, 5) is 37.1. The summed E-state index contributed by atoms with van der Waals surface area (Å²) in [5.74, 6) is -1.56. The van der Waals surface area contributed by atoms with Gasteiger partial charge in [-0.05, 0) is 48.4 Å². The van der Waals surface area contributed by atoms with E-state index in [4.69, 9.17) is 23.2 Å². The number of aryl methyl sites for hydroxylation is 1. The van der Waals surface area contributed by atoms with Crippen molar-refractivity contribution in [3.05, 3.63) is 63.1 Å². The second kappa shape index (κ2) is 12.1. The Morgan fingerprint density at radius 2 is 1.86 bits per heavy atom. The van der Waals surface area contributed by atoms with E-state index in [1.54, 1.807) is 6.07 Å². The summed E-state index contributed by atoms with van der Waals surface area (Å²) < 4.78 is 0. The normalized spacial score (nSPS) is 15.3. The lowest BCUT2D eigenvalue weighted by Crippen LogP contribution is -2.50. The predicted molar refractivity (Wildman–Crippen MR) is 137 cm³/mol. The zero-order chi connectivity index (χ0) is 25.5. The van der Waals surface area contributed by atoms with Crippen LogP contribution in [-0.2, 0) is 11.2 Å². The lowest BCUT2D eigenvalue weighted by Gasteiger charge is -2.19. The molecule has 2 atom stereocenters. The minimum Gasteiger partial charge on any atom is -0.480 e. The van der Waals surface area contributed by atoms with Crippen molar-refractivity contribution < 1.29 is 19.5 Å². The van der Waals surface area contributed by atoms with Gasteiger partial charge in [0.2, 0.25) is 0 Å². The molecule has 0 fully saturated rings. The van der Waals surface area contributed by atoms with Crippen LogP contribution < -0.4 is 21.3 Å². The molecule has 35 heavy (non-hydrogen) atoms. The fraction of sp³-hybridized carbons (Fsp3) is 0.400. The molecular formula is C25H30Cl2N4O4. The first-order valence-electron chi connectivity index (χ1n) is 11.5. The quantitative estimate of drug-likeness (QED) is 0.313. The molecule has 0 saturated heterocycles. The molecule has 3 amide bonds. The summed E-state index contributed by atoms with van der Waals surface area (Å²) in [6, 6.07) is 9.02. The van der Waals surface area contributed by atoms with E-state index in [0.717, 1.165) is 24.8 Å². The molecule has 2 unspecified atom stereocenters. The van der Waals surface area contributed by atoms with Crippen LogP contribution in [0.25, 0.3) is 0 Å². The van der Waals surface area contributed by atoms with Crippen LogP contribution in [0.2, 0.25) is 10.0 Å². The van der Waals surface area contributed by atoms with Gasteiger partial charge in [-0.2, -0.15) is 0 Å². The van der Waals surface area contributed by atoms with Gasteiger partial charge in [0, 0.05) is 6.54 Å². The van der Waals surface area contributed by atoms with E-state index in [9.17, 15) is 19.5 Å². The van der Waals surface area contributed by atoms with Crippen LogP contribution >= 0.6 is 23.2 Å². The number of nitrogens with one attached hydrogen (secondary N) is 4. The van der Waals surface area contributed by atoms with Crippen molar-refractivity contribution in [3.63, 3.8) is 0 Å². The molecule has 0 aromatic heterocycles. The fourth-order valence-corrected chi connectivity index (χ4v) is 4.54. The Morgan fingerprint density at radius 1 is 1.11 bits per heavy atom. The molecule has 0 heterocycles. The number of carbonyl (C=O) groups excluding carboxylic acids is 2. The molecule has 1 aliphatic carbocycles. The van der Waals surface area contributed by atoms with E-state index in [1.807, 2.05) is 24.3 Å². The first-order valence-corrected chi connectivity index (χ1v) is 12.3. The Labute approximate surface area is 214 Å².